The Morgan fingerprint density at radius 3 is 2.61 bits per heavy atom. The van der Waals surface area contributed by atoms with E-state index in [1.807, 2.05) is 24.3 Å². The molecule has 1 aliphatic heterocycles. The maximum Gasteiger partial charge on any atom is 0.284 e. The van der Waals surface area contributed by atoms with Crippen molar-refractivity contribution < 1.29 is 14.3 Å². The zero-order valence-corrected chi connectivity index (χ0v) is 12.7. The number of rotatable bonds is 3. The lowest BCUT2D eigenvalue weighted by atomic mass is 10.1. The molecule has 0 bridgehead atoms. The van der Waals surface area contributed by atoms with Gasteiger partial charge in [-0.2, -0.15) is 5.10 Å². The zero-order chi connectivity index (χ0) is 16.2. The van der Waals surface area contributed by atoms with Crippen molar-refractivity contribution >= 4 is 17.3 Å². The predicted molar refractivity (Wildman–Crippen MR) is 87.6 cm³/mol. The van der Waals surface area contributed by atoms with Crippen molar-refractivity contribution in [2.45, 2.75) is 13.0 Å². The molecule has 0 aromatic heterocycles. The van der Waals surface area contributed by atoms with Crippen molar-refractivity contribution in [3.8, 4) is 11.5 Å². The third-order valence-electron chi connectivity index (χ3n) is 3.46. The van der Waals surface area contributed by atoms with E-state index < -0.39 is 6.10 Å². The average molecular weight is 311 g/mol. The lowest BCUT2D eigenvalue weighted by Gasteiger charge is -2.24. The largest absolute Gasteiger partial charge is 0.485 e. The van der Waals surface area contributed by atoms with E-state index in [2.05, 4.69) is 10.5 Å². The van der Waals surface area contributed by atoms with Crippen molar-refractivity contribution in [3.05, 3.63) is 54.1 Å². The number of benzene rings is 2. The molecule has 2 aromatic carbocycles. The monoisotopic (exact) mass is 311 g/mol. The lowest BCUT2D eigenvalue weighted by molar-refractivity contribution is -0.130. The Kier molecular flexibility index (Phi) is 4.14. The van der Waals surface area contributed by atoms with Gasteiger partial charge in [-0.3, -0.25) is 4.79 Å². The summed E-state index contributed by atoms with van der Waals surface area (Å²) in [6.07, 6.45) is -0.729. The second kappa shape index (κ2) is 6.39. The highest BCUT2D eigenvalue weighted by atomic mass is 16.6. The molecule has 23 heavy (non-hydrogen) atoms. The fourth-order valence-corrected chi connectivity index (χ4v) is 2.15. The van der Waals surface area contributed by atoms with E-state index in [4.69, 9.17) is 15.2 Å². The first-order valence-electron chi connectivity index (χ1n) is 7.22. The Hall–Kier alpha value is -3.02. The summed E-state index contributed by atoms with van der Waals surface area (Å²) in [4.78, 5) is 12.2. The third kappa shape index (κ3) is 3.42. The molecule has 1 heterocycles. The van der Waals surface area contributed by atoms with Crippen LogP contribution in [0.15, 0.2) is 53.6 Å². The number of ether oxygens (including phenoxy) is 2. The zero-order valence-electron chi connectivity index (χ0n) is 12.7. The number of hydrazone groups is 1. The number of hydrogen-bond acceptors (Lipinski definition) is 5. The fraction of sp³-hybridized carbons (Fsp3) is 0.176. The summed E-state index contributed by atoms with van der Waals surface area (Å²) >= 11 is 0. The molecule has 0 fully saturated rings. The summed E-state index contributed by atoms with van der Waals surface area (Å²) in [5.74, 6) is 0.838. The molecule has 0 radical (unpaired) electrons. The Morgan fingerprint density at radius 1 is 1.17 bits per heavy atom. The summed E-state index contributed by atoms with van der Waals surface area (Å²) in [5, 5.41) is 4.10. The van der Waals surface area contributed by atoms with Crippen LogP contribution >= 0.6 is 0 Å². The normalized spacial score (nSPS) is 16.7. The standard InChI is InChI=1S/C17H17N3O3/c1-11(12-6-8-13(18)9-7-12)19-20-17(21)16-10-22-14-4-2-3-5-15(14)23-16/h2-9,16H,10,18H2,1H3,(H,20,21)/b19-11-/t16-/m1/s1. The molecular formula is C17H17N3O3. The Labute approximate surface area is 133 Å². The summed E-state index contributed by atoms with van der Waals surface area (Å²) in [7, 11) is 0. The molecule has 1 atom stereocenters. The molecule has 0 saturated carbocycles. The van der Waals surface area contributed by atoms with Gasteiger partial charge in [-0.05, 0) is 36.8 Å². The van der Waals surface area contributed by atoms with Crippen LogP contribution < -0.4 is 20.6 Å². The lowest BCUT2D eigenvalue weighted by Crippen LogP contribution is -2.42. The molecule has 3 N–H and O–H groups in total. The summed E-state index contributed by atoms with van der Waals surface area (Å²) in [6, 6.07) is 14.5. The molecule has 0 aliphatic carbocycles. The molecular weight excluding hydrogens is 294 g/mol. The van der Waals surface area contributed by atoms with E-state index in [1.54, 1.807) is 31.2 Å². The van der Waals surface area contributed by atoms with Crippen LogP contribution in [-0.4, -0.2) is 24.3 Å². The first-order valence-corrected chi connectivity index (χ1v) is 7.22. The second-order valence-corrected chi connectivity index (χ2v) is 5.16. The molecule has 6 heteroatoms. The van der Waals surface area contributed by atoms with Crippen LogP contribution in [0.5, 0.6) is 11.5 Å². The highest BCUT2D eigenvalue weighted by molar-refractivity contribution is 5.99. The van der Waals surface area contributed by atoms with Gasteiger partial charge in [0.1, 0.15) is 6.61 Å². The third-order valence-corrected chi connectivity index (χ3v) is 3.46. The molecule has 0 spiro atoms. The maximum absolute atomic E-state index is 12.2. The number of anilines is 1. The quantitative estimate of drug-likeness (QED) is 0.515. The van der Waals surface area contributed by atoms with Crippen LogP contribution in [0.1, 0.15) is 12.5 Å². The highest BCUT2D eigenvalue weighted by Gasteiger charge is 2.27. The van der Waals surface area contributed by atoms with E-state index in [9.17, 15) is 4.79 Å². The Morgan fingerprint density at radius 2 is 1.87 bits per heavy atom. The van der Waals surface area contributed by atoms with Gasteiger partial charge in [-0.15, -0.1) is 0 Å². The Balaban J connectivity index is 1.63. The van der Waals surface area contributed by atoms with E-state index >= 15 is 0 Å². The Bertz CT molecular complexity index is 741. The van der Waals surface area contributed by atoms with E-state index in [-0.39, 0.29) is 12.5 Å². The van der Waals surface area contributed by atoms with Crippen LogP contribution in [0.3, 0.4) is 0 Å². The highest BCUT2D eigenvalue weighted by Crippen LogP contribution is 2.30. The predicted octanol–water partition coefficient (Wildman–Crippen LogP) is 1.95. The van der Waals surface area contributed by atoms with E-state index in [1.165, 1.54) is 0 Å². The molecule has 6 nitrogen and oxygen atoms in total. The maximum atomic E-state index is 12.2. The number of fused-ring (bicyclic) bond motifs is 1. The SMILES string of the molecule is C/C(=N/NC(=O)[C@H]1COc2ccccc2O1)c1ccc(N)cc1. The van der Waals surface area contributed by atoms with Crippen LogP contribution in [0, 0.1) is 0 Å². The number of hydrogen-bond donors (Lipinski definition) is 2. The van der Waals surface area contributed by atoms with Gasteiger partial charge in [0.2, 0.25) is 6.10 Å². The summed E-state index contributed by atoms with van der Waals surface area (Å²) < 4.78 is 11.1. The van der Waals surface area contributed by atoms with Crippen LogP contribution in [0.2, 0.25) is 0 Å². The number of nitrogen functional groups attached to an aromatic ring is 1. The van der Waals surface area contributed by atoms with Crippen LogP contribution in [-0.2, 0) is 4.79 Å². The van der Waals surface area contributed by atoms with E-state index in [0.717, 1.165) is 5.56 Å². The van der Waals surface area contributed by atoms with Crippen molar-refractivity contribution in [1.82, 2.24) is 5.43 Å². The van der Waals surface area contributed by atoms with Gasteiger partial charge in [0.25, 0.3) is 5.91 Å². The van der Waals surface area contributed by atoms with Gasteiger partial charge in [-0.25, -0.2) is 5.43 Å². The van der Waals surface area contributed by atoms with Gasteiger partial charge < -0.3 is 15.2 Å². The van der Waals surface area contributed by atoms with Crippen molar-refractivity contribution in [2.24, 2.45) is 5.10 Å². The topological polar surface area (TPSA) is 85.9 Å². The molecule has 0 saturated heterocycles. The smallest absolute Gasteiger partial charge is 0.284 e. The molecule has 1 aliphatic rings. The molecule has 118 valence electrons. The van der Waals surface area contributed by atoms with Crippen LogP contribution in [0.4, 0.5) is 5.69 Å². The summed E-state index contributed by atoms with van der Waals surface area (Å²) in [6.45, 7) is 1.96. The molecule has 1 amide bonds. The van der Waals surface area contributed by atoms with Gasteiger partial charge in [0.15, 0.2) is 11.5 Å². The van der Waals surface area contributed by atoms with Gasteiger partial charge in [-0.1, -0.05) is 24.3 Å². The van der Waals surface area contributed by atoms with Crippen LogP contribution in [0.25, 0.3) is 0 Å². The molecule has 2 aromatic rings. The summed E-state index contributed by atoms with van der Waals surface area (Å²) in [5.41, 5.74) is 10.4. The first-order chi connectivity index (χ1) is 11.1. The van der Waals surface area contributed by atoms with E-state index in [0.29, 0.717) is 22.9 Å². The van der Waals surface area contributed by atoms with Crippen molar-refractivity contribution in [3.63, 3.8) is 0 Å². The van der Waals surface area contributed by atoms with Crippen molar-refractivity contribution in [1.29, 1.82) is 0 Å². The van der Waals surface area contributed by atoms with Crippen molar-refractivity contribution in [2.75, 3.05) is 12.3 Å². The minimum atomic E-state index is -0.729. The average Bonchev–Trinajstić information content (AvgIpc) is 2.59. The number of carbonyl (C=O) groups is 1. The van der Waals surface area contributed by atoms with Gasteiger partial charge in [0, 0.05) is 5.69 Å². The number of nitrogens with two attached hydrogens (primary N) is 1. The van der Waals surface area contributed by atoms with Gasteiger partial charge in [0.05, 0.1) is 5.71 Å². The minimum absolute atomic E-state index is 0.152. The minimum Gasteiger partial charge on any atom is -0.485 e. The fourth-order valence-electron chi connectivity index (χ4n) is 2.15. The number of amides is 1. The number of nitrogens with one attached hydrogen (secondary N) is 1. The molecule has 0 unspecified atom stereocenters. The molecule has 3 rings (SSSR count). The number of para-hydroxylation sites is 2. The second-order valence-electron chi connectivity index (χ2n) is 5.16. The first kappa shape index (κ1) is 14.9. The number of nitrogens with zero attached hydrogens (tertiary/aromatic N) is 1. The van der Waals surface area contributed by atoms with Gasteiger partial charge >= 0.3 is 0 Å². The number of carbonyl (C=O) groups excluding carboxylic acids is 1.